The van der Waals surface area contributed by atoms with Crippen LogP contribution >= 0.6 is 0 Å². The molecule has 0 aromatic carbocycles. The highest BCUT2D eigenvalue weighted by Crippen LogP contribution is 2.12. The van der Waals surface area contributed by atoms with Gasteiger partial charge < -0.3 is 4.74 Å². The van der Waals surface area contributed by atoms with Crippen LogP contribution in [0.2, 0.25) is 0 Å². The van der Waals surface area contributed by atoms with Crippen molar-refractivity contribution in [3.63, 3.8) is 0 Å². The van der Waals surface area contributed by atoms with E-state index >= 15 is 0 Å². The fourth-order valence-electron chi connectivity index (χ4n) is 1.28. The van der Waals surface area contributed by atoms with E-state index in [0.717, 1.165) is 12.2 Å². The molecule has 12 heavy (non-hydrogen) atoms. The molecule has 3 heteroatoms. The molecule has 1 rings (SSSR count). The average Bonchev–Trinajstić information content (AvgIpc) is 2.33. The second kappa shape index (κ2) is 3.72. The summed E-state index contributed by atoms with van der Waals surface area (Å²) in [5, 5.41) is 4.41. The van der Waals surface area contributed by atoms with Gasteiger partial charge in [0.15, 0.2) is 0 Å². The largest absolute Gasteiger partial charge is 0.378 e. The van der Waals surface area contributed by atoms with Gasteiger partial charge in [-0.2, -0.15) is 5.10 Å². The van der Waals surface area contributed by atoms with E-state index in [4.69, 9.17) is 4.74 Å². The first-order chi connectivity index (χ1) is 5.70. The molecule has 0 amide bonds. The van der Waals surface area contributed by atoms with Gasteiger partial charge in [-0.1, -0.05) is 0 Å². The van der Waals surface area contributed by atoms with E-state index in [2.05, 4.69) is 25.9 Å². The van der Waals surface area contributed by atoms with E-state index in [-0.39, 0.29) is 0 Å². The molecule has 1 aromatic heterocycles. The van der Waals surface area contributed by atoms with E-state index in [1.165, 1.54) is 11.3 Å². The zero-order valence-electron chi connectivity index (χ0n) is 8.22. The number of ether oxygens (including phenoxy) is 1. The Morgan fingerprint density at radius 2 is 2.08 bits per heavy atom. The highest BCUT2D eigenvalue weighted by Gasteiger charge is 2.08. The van der Waals surface area contributed by atoms with Gasteiger partial charge in [0, 0.05) is 19.3 Å². The summed E-state index contributed by atoms with van der Waals surface area (Å²) in [5.74, 6) is 0. The first-order valence-corrected chi connectivity index (χ1v) is 4.22. The normalized spacial score (nSPS) is 10.7. The maximum Gasteiger partial charge on any atom is 0.0913 e. The number of aryl methyl sites for hydroxylation is 1. The van der Waals surface area contributed by atoms with Crippen LogP contribution in [0.15, 0.2) is 0 Å². The Kier molecular flexibility index (Phi) is 2.87. The van der Waals surface area contributed by atoms with Crippen LogP contribution in [0.3, 0.4) is 0 Å². The number of rotatable bonds is 3. The molecule has 0 saturated carbocycles. The van der Waals surface area contributed by atoms with Gasteiger partial charge in [-0.3, -0.25) is 4.68 Å². The zero-order valence-corrected chi connectivity index (χ0v) is 8.22. The Morgan fingerprint density at radius 3 is 2.50 bits per heavy atom. The van der Waals surface area contributed by atoms with E-state index < -0.39 is 0 Å². The minimum atomic E-state index is 0.611. The summed E-state index contributed by atoms with van der Waals surface area (Å²) in [6.07, 6.45) is 0. The Morgan fingerprint density at radius 1 is 1.42 bits per heavy atom. The molecule has 0 radical (unpaired) electrons. The van der Waals surface area contributed by atoms with E-state index in [1.54, 1.807) is 7.11 Å². The lowest BCUT2D eigenvalue weighted by atomic mass is 10.2. The molecular formula is C9H16N2O. The van der Waals surface area contributed by atoms with Crippen LogP contribution < -0.4 is 0 Å². The summed E-state index contributed by atoms with van der Waals surface area (Å²) in [4.78, 5) is 0. The minimum Gasteiger partial charge on any atom is -0.378 e. The molecule has 0 aliphatic rings. The predicted molar refractivity (Wildman–Crippen MR) is 48.1 cm³/mol. The topological polar surface area (TPSA) is 27.1 Å². The molecule has 3 nitrogen and oxygen atoms in total. The number of hydrogen-bond acceptors (Lipinski definition) is 2. The second-order valence-corrected chi connectivity index (χ2v) is 2.91. The highest BCUT2D eigenvalue weighted by atomic mass is 16.5. The van der Waals surface area contributed by atoms with Crippen molar-refractivity contribution in [2.45, 2.75) is 33.9 Å². The summed E-state index contributed by atoms with van der Waals surface area (Å²) >= 11 is 0. The quantitative estimate of drug-likeness (QED) is 0.686. The predicted octanol–water partition coefficient (Wildman–Crippen LogP) is 1.67. The number of aromatic nitrogens is 2. The summed E-state index contributed by atoms with van der Waals surface area (Å²) < 4.78 is 7.05. The lowest BCUT2D eigenvalue weighted by molar-refractivity contribution is 0.180. The monoisotopic (exact) mass is 168 g/mol. The second-order valence-electron chi connectivity index (χ2n) is 2.91. The van der Waals surface area contributed by atoms with Crippen molar-refractivity contribution in [3.8, 4) is 0 Å². The molecule has 1 aromatic rings. The van der Waals surface area contributed by atoms with Crippen LogP contribution in [0.5, 0.6) is 0 Å². The van der Waals surface area contributed by atoms with Crippen LogP contribution in [0, 0.1) is 13.8 Å². The molecule has 0 saturated heterocycles. The number of methoxy groups -OCH3 is 1. The molecule has 0 atom stereocenters. The standard InChI is InChI=1S/C9H16N2O/c1-5-11-8(3)7(2)9(10-11)6-12-4/h5-6H2,1-4H3. The summed E-state index contributed by atoms with van der Waals surface area (Å²) in [5.41, 5.74) is 3.54. The molecule has 0 aliphatic heterocycles. The van der Waals surface area contributed by atoms with Gasteiger partial charge in [-0.15, -0.1) is 0 Å². The smallest absolute Gasteiger partial charge is 0.0913 e. The van der Waals surface area contributed by atoms with Gasteiger partial charge in [-0.25, -0.2) is 0 Å². The van der Waals surface area contributed by atoms with Crippen molar-refractivity contribution >= 4 is 0 Å². The number of nitrogens with zero attached hydrogens (tertiary/aromatic N) is 2. The number of hydrogen-bond donors (Lipinski definition) is 0. The van der Waals surface area contributed by atoms with Crippen molar-refractivity contribution in [2.24, 2.45) is 0 Å². The van der Waals surface area contributed by atoms with Crippen molar-refractivity contribution in [1.29, 1.82) is 0 Å². The van der Waals surface area contributed by atoms with Gasteiger partial charge >= 0.3 is 0 Å². The van der Waals surface area contributed by atoms with Gasteiger partial charge in [0.1, 0.15) is 0 Å². The van der Waals surface area contributed by atoms with E-state index in [0.29, 0.717) is 6.61 Å². The molecule has 0 aliphatic carbocycles. The van der Waals surface area contributed by atoms with Crippen LogP contribution in [0.25, 0.3) is 0 Å². The van der Waals surface area contributed by atoms with Crippen LogP contribution in [0.1, 0.15) is 23.9 Å². The average molecular weight is 168 g/mol. The Balaban J connectivity index is 2.98. The molecule has 0 bridgehead atoms. The molecule has 1 heterocycles. The molecule has 0 N–H and O–H groups in total. The molecule has 68 valence electrons. The highest BCUT2D eigenvalue weighted by molar-refractivity contribution is 5.22. The fraction of sp³-hybridized carbons (Fsp3) is 0.667. The SMILES string of the molecule is CCn1nc(COC)c(C)c1C. The summed E-state index contributed by atoms with van der Waals surface area (Å²) in [6, 6.07) is 0. The summed E-state index contributed by atoms with van der Waals surface area (Å²) in [6.45, 7) is 7.81. The van der Waals surface area contributed by atoms with Crippen LogP contribution in [-0.2, 0) is 17.9 Å². The maximum atomic E-state index is 5.05. The minimum absolute atomic E-state index is 0.611. The van der Waals surface area contributed by atoms with Gasteiger partial charge in [0.05, 0.1) is 12.3 Å². The van der Waals surface area contributed by atoms with Crippen molar-refractivity contribution in [1.82, 2.24) is 9.78 Å². The molecule has 0 unspecified atom stereocenters. The third-order valence-electron chi connectivity index (χ3n) is 2.18. The van der Waals surface area contributed by atoms with Gasteiger partial charge in [0.2, 0.25) is 0 Å². The first-order valence-electron chi connectivity index (χ1n) is 4.22. The van der Waals surface area contributed by atoms with E-state index in [9.17, 15) is 0 Å². The lowest BCUT2D eigenvalue weighted by Gasteiger charge is -1.96. The maximum absolute atomic E-state index is 5.05. The third kappa shape index (κ3) is 1.50. The van der Waals surface area contributed by atoms with Gasteiger partial charge in [0.25, 0.3) is 0 Å². The van der Waals surface area contributed by atoms with Gasteiger partial charge in [-0.05, 0) is 26.3 Å². The van der Waals surface area contributed by atoms with Crippen molar-refractivity contribution in [2.75, 3.05) is 7.11 Å². The fourth-order valence-corrected chi connectivity index (χ4v) is 1.28. The first kappa shape index (κ1) is 9.26. The van der Waals surface area contributed by atoms with Crippen LogP contribution in [0.4, 0.5) is 0 Å². The Labute approximate surface area is 73.3 Å². The summed E-state index contributed by atoms with van der Waals surface area (Å²) in [7, 11) is 1.69. The molecule has 0 fully saturated rings. The van der Waals surface area contributed by atoms with Crippen molar-refractivity contribution in [3.05, 3.63) is 17.0 Å². The Hall–Kier alpha value is -0.830. The third-order valence-corrected chi connectivity index (χ3v) is 2.18. The lowest BCUT2D eigenvalue weighted by Crippen LogP contribution is -1.99. The zero-order chi connectivity index (χ0) is 9.14. The Bertz CT molecular complexity index is 266. The molecule has 0 spiro atoms. The van der Waals surface area contributed by atoms with E-state index in [1.807, 2.05) is 4.68 Å². The van der Waals surface area contributed by atoms with Crippen molar-refractivity contribution < 1.29 is 4.74 Å². The van der Waals surface area contributed by atoms with Crippen LogP contribution in [-0.4, -0.2) is 16.9 Å². The molecular weight excluding hydrogens is 152 g/mol.